The van der Waals surface area contributed by atoms with Gasteiger partial charge in [-0.15, -0.1) is 0 Å². The molecule has 14 heteroatoms. The van der Waals surface area contributed by atoms with Crippen molar-refractivity contribution in [2.75, 3.05) is 5.75 Å². The van der Waals surface area contributed by atoms with E-state index in [4.69, 9.17) is 15.9 Å². The van der Waals surface area contributed by atoms with E-state index in [0.29, 0.717) is 5.56 Å². The summed E-state index contributed by atoms with van der Waals surface area (Å²) in [5, 5.41) is 34.0. The summed E-state index contributed by atoms with van der Waals surface area (Å²) in [6, 6.07) is 2.89. The van der Waals surface area contributed by atoms with Crippen LogP contribution in [0.5, 0.6) is 0 Å². The van der Waals surface area contributed by atoms with Crippen molar-refractivity contribution < 1.29 is 44.1 Å². The Morgan fingerprint density at radius 1 is 0.800 bits per heavy atom. The molecule has 0 spiro atoms. The number of thiol groups is 1. The summed E-state index contributed by atoms with van der Waals surface area (Å²) in [6.07, 6.45) is -1.63. The maximum atomic E-state index is 12.8. The Kier molecular flexibility index (Phi) is 12.2. The summed E-state index contributed by atoms with van der Waals surface area (Å²) in [5.74, 6) is -6.97. The summed E-state index contributed by atoms with van der Waals surface area (Å²) >= 11 is 3.96. The van der Waals surface area contributed by atoms with Gasteiger partial charge in [0.05, 0.1) is 12.5 Å². The molecule has 0 aliphatic heterocycles. The Hall–Kier alpha value is -3.65. The minimum atomic E-state index is -1.44. The number of rotatable bonds is 15. The van der Waals surface area contributed by atoms with E-state index in [9.17, 15) is 33.9 Å². The van der Waals surface area contributed by atoms with Crippen LogP contribution in [0.2, 0.25) is 0 Å². The molecular weight excluding hydrogens is 484 g/mol. The van der Waals surface area contributed by atoms with Crippen molar-refractivity contribution in [3.8, 4) is 0 Å². The number of nitrogens with two attached hydrogens (primary N) is 1. The molecule has 192 valence electrons. The third-order valence-electron chi connectivity index (χ3n) is 4.72. The third-order valence-corrected chi connectivity index (χ3v) is 5.09. The molecule has 3 amide bonds. The highest BCUT2D eigenvalue weighted by atomic mass is 32.1. The van der Waals surface area contributed by atoms with Crippen molar-refractivity contribution in [3.63, 3.8) is 0 Å². The highest BCUT2D eigenvalue weighted by Crippen LogP contribution is 2.06. The second kappa shape index (κ2) is 14.6. The summed E-state index contributed by atoms with van der Waals surface area (Å²) in [7, 11) is 0. The number of nitrogens with one attached hydrogen (secondary N) is 3. The molecule has 0 saturated carbocycles. The Balaban J connectivity index is 2.93. The van der Waals surface area contributed by atoms with Crippen LogP contribution in [-0.2, 0) is 35.2 Å². The van der Waals surface area contributed by atoms with E-state index in [1.54, 1.807) is 30.3 Å². The average molecular weight is 513 g/mol. The van der Waals surface area contributed by atoms with Gasteiger partial charge in [-0.2, -0.15) is 12.6 Å². The molecule has 0 fully saturated rings. The number of aliphatic carboxylic acids is 3. The lowest BCUT2D eigenvalue weighted by Gasteiger charge is -2.24. The lowest BCUT2D eigenvalue weighted by molar-refractivity contribution is -0.143. The van der Waals surface area contributed by atoms with Gasteiger partial charge in [0, 0.05) is 18.6 Å². The fourth-order valence-electron chi connectivity index (χ4n) is 2.88. The van der Waals surface area contributed by atoms with Crippen molar-refractivity contribution in [2.45, 2.75) is 49.9 Å². The first-order valence-electron chi connectivity index (χ1n) is 10.4. The number of carbonyl (C=O) groups excluding carboxylic acids is 3. The first kappa shape index (κ1) is 29.4. The second-order valence-electron chi connectivity index (χ2n) is 7.53. The fourth-order valence-corrected chi connectivity index (χ4v) is 3.14. The van der Waals surface area contributed by atoms with E-state index in [1.807, 2.05) is 0 Å². The highest BCUT2D eigenvalue weighted by Gasteiger charge is 2.30. The van der Waals surface area contributed by atoms with Crippen molar-refractivity contribution in [2.24, 2.45) is 5.73 Å². The fraction of sp³-hybridized carbons (Fsp3) is 0.429. The summed E-state index contributed by atoms with van der Waals surface area (Å²) in [4.78, 5) is 70.9. The van der Waals surface area contributed by atoms with Crippen LogP contribution in [0.4, 0.5) is 0 Å². The van der Waals surface area contributed by atoms with Crippen LogP contribution in [0.3, 0.4) is 0 Å². The molecule has 8 N–H and O–H groups in total. The quantitative estimate of drug-likeness (QED) is 0.125. The van der Waals surface area contributed by atoms with Crippen LogP contribution in [0.1, 0.15) is 24.8 Å². The minimum Gasteiger partial charge on any atom is -0.481 e. The van der Waals surface area contributed by atoms with Gasteiger partial charge in [-0.05, 0) is 12.0 Å². The van der Waals surface area contributed by atoms with Crippen LogP contribution < -0.4 is 21.7 Å². The molecule has 35 heavy (non-hydrogen) atoms. The second-order valence-corrected chi connectivity index (χ2v) is 7.90. The molecule has 0 heterocycles. The highest BCUT2D eigenvalue weighted by molar-refractivity contribution is 7.80. The first-order valence-corrected chi connectivity index (χ1v) is 11.1. The largest absolute Gasteiger partial charge is 0.481 e. The standard InChI is InChI=1S/C21H28N4O9S/c22-12(9-17(28)29)18(30)25-15(10-35)20(32)23-13(6-7-16(26)27)19(31)24-14(21(33)34)8-11-4-2-1-3-5-11/h1-5,12-15,35H,6-10,22H2,(H,23,32)(H,24,31)(H,25,30)(H,26,27)(H,28,29)(H,33,34). The Morgan fingerprint density at radius 3 is 1.86 bits per heavy atom. The minimum absolute atomic E-state index is 0.0572. The zero-order chi connectivity index (χ0) is 26.5. The number of hydrogen-bond acceptors (Lipinski definition) is 8. The van der Waals surface area contributed by atoms with Crippen LogP contribution in [-0.4, -0.2) is 80.9 Å². The maximum Gasteiger partial charge on any atom is 0.326 e. The molecule has 0 bridgehead atoms. The topological polar surface area (TPSA) is 225 Å². The Labute approximate surface area is 205 Å². The van der Waals surface area contributed by atoms with Gasteiger partial charge < -0.3 is 37.0 Å². The van der Waals surface area contributed by atoms with Crippen LogP contribution in [0.15, 0.2) is 30.3 Å². The van der Waals surface area contributed by atoms with Gasteiger partial charge in [-0.3, -0.25) is 24.0 Å². The predicted octanol–water partition coefficient (Wildman–Crippen LogP) is -1.64. The van der Waals surface area contributed by atoms with E-state index >= 15 is 0 Å². The van der Waals surface area contributed by atoms with Crippen LogP contribution in [0, 0.1) is 0 Å². The maximum absolute atomic E-state index is 12.8. The van der Waals surface area contributed by atoms with E-state index < -0.39 is 72.6 Å². The van der Waals surface area contributed by atoms with Gasteiger partial charge in [0.15, 0.2) is 0 Å². The van der Waals surface area contributed by atoms with E-state index in [0.717, 1.165) is 0 Å². The number of carboxylic acids is 3. The molecule has 0 aliphatic rings. The molecule has 1 aromatic carbocycles. The van der Waals surface area contributed by atoms with Gasteiger partial charge >= 0.3 is 17.9 Å². The number of amides is 3. The molecule has 13 nitrogen and oxygen atoms in total. The van der Waals surface area contributed by atoms with Crippen LogP contribution in [0.25, 0.3) is 0 Å². The van der Waals surface area contributed by atoms with Crippen LogP contribution >= 0.6 is 12.6 Å². The molecule has 0 saturated heterocycles. The van der Waals surface area contributed by atoms with Crippen molar-refractivity contribution in [1.82, 2.24) is 16.0 Å². The molecule has 0 radical (unpaired) electrons. The molecular formula is C21H28N4O9S. The van der Waals surface area contributed by atoms with Gasteiger partial charge in [-0.1, -0.05) is 30.3 Å². The van der Waals surface area contributed by atoms with Gasteiger partial charge in [-0.25, -0.2) is 4.79 Å². The van der Waals surface area contributed by atoms with Gasteiger partial charge in [0.2, 0.25) is 17.7 Å². The first-order chi connectivity index (χ1) is 16.4. The number of hydrogen-bond donors (Lipinski definition) is 8. The van der Waals surface area contributed by atoms with Crippen molar-refractivity contribution in [3.05, 3.63) is 35.9 Å². The van der Waals surface area contributed by atoms with E-state index in [1.165, 1.54) is 0 Å². The Bertz CT molecular complexity index is 929. The van der Waals surface area contributed by atoms with Crippen molar-refractivity contribution >= 4 is 48.3 Å². The van der Waals surface area contributed by atoms with Gasteiger partial charge in [0.1, 0.15) is 18.1 Å². The number of carbonyl (C=O) groups is 6. The molecule has 0 aliphatic carbocycles. The van der Waals surface area contributed by atoms with Gasteiger partial charge in [0.25, 0.3) is 0 Å². The monoisotopic (exact) mass is 512 g/mol. The van der Waals surface area contributed by atoms with E-state index in [-0.39, 0.29) is 18.6 Å². The third kappa shape index (κ3) is 10.9. The van der Waals surface area contributed by atoms with Crippen molar-refractivity contribution in [1.29, 1.82) is 0 Å². The molecule has 4 unspecified atom stereocenters. The molecule has 1 rings (SSSR count). The Morgan fingerprint density at radius 2 is 1.34 bits per heavy atom. The van der Waals surface area contributed by atoms with E-state index in [2.05, 4.69) is 28.6 Å². The molecule has 0 aromatic heterocycles. The molecule has 4 atom stereocenters. The number of benzene rings is 1. The lowest BCUT2D eigenvalue weighted by Crippen LogP contribution is -2.58. The summed E-state index contributed by atoms with van der Waals surface area (Å²) in [6.45, 7) is 0. The summed E-state index contributed by atoms with van der Waals surface area (Å²) < 4.78 is 0. The zero-order valence-corrected chi connectivity index (χ0v) is 19.4. The lowest BCUT2D eigenvalue weighted by atomic mass is 10.0. The zero-order valence-electron chi connectivity index (χ0n) is 18.5. The summed E-state index contributed by atoms with van der Waals surface area (Å²) in [5.41, 5.74) is 6.09. The smallest absolute Gasteiger partial charge is 0.326 e. The normalized spacial score (nSPS) is 14.0. The average Bonchev–Trinajstić information content (AvgIpc) is 2.79. The molecule has 1 aromatic rings. The SMILES string of the molecule is NC(CC(=O)O)C(=O)NC(CS)C(=O)NC(CCC(=O)O)C(=O)NC(Cc1ccccc1)C(=O)O. The number of carboxylic acid groups (broad SMARTS) is 3. The predicted molar refractivity (Wildman–Crippen MR) is 125 cm³/mol.